The SMILES string of the molecule is Cc1cc(C)cc(-c2nnc(SCc3noc(-c4cccs4)n3)o2)c1. The van der Waals surface area contributed by atoms with E-state index in [1.54, 1.807) is 11.3 Å². The molecule has 3 aromatic heterocycles. The van der Waals surface area contributed by atoms with Crippen LogP contribution in [0.1, 0.15) is 17.0 Å². The minimum atomic E-state index is 0.483. The number of hydrogen-bond donors (Lipinski definition) is 0. The Bertz CT molecular complexity index is 972. The predicted octanol–water partition coefficient (Wildman–Crippen LogP) is 4.76. The molecule has 25 heavy (non-hydrogen) atoms. The van der Waals surface area contributed by atoms with E-state index in [1.807, 2.05) is 43.5 Å². The van der Waals surface area contributed by atoms with E-state index in [4.69, 9.17) is 8.94 Å². The Balaban J connectivity index is 1.45. The van der Waals surface area contributed by atoms with Gasteiger partial charge in [0.25, 0.3) is 11.1 Å². The van der Waals surface area contributed by atoms with Gasteiger partial charge in [-0.05, 0) is 37.4 Å². The van der Waals surface area contributed by atoms with Gasteiger partial charge in [0, 0.05) is 5.56 Å². The highest BCUT2D eigenvalue weighted by atomic mass is 32.2. The topological polar surface area (TPSA) is 77.8 Å². The highest BCUT2D eigenvalue weighted by Crippen LogP contribution is 2.28. The number of thioether (sulfide) groups is 1. The van der Waals surface area contributed by atoms with Crippen LogP contribution in [0.25, 0.3) is 22.2 Å². The van der Waals surface area contributed by atoms with Crippen LogP contribution in [0.5, 0.6) is 0 Å². The predicted molar refractivity (Wildman–Crippen MR) is 96.4 cm³/mol. The fourth-order valence-corrected chi connectivity index (χ4v) is 3.67. The lowest BCUT2D eigenvalue weighted by Gasteiger charge is -1.99. The van der Waals surface area contributed by atoms with Crippen LogP contribution in [0, 0.1) is 13.8 Å². The summed E-state index contributed by atoms with van der Waals surface area (Å²) in [6.45, 7) is 4.09. The molecule has 0 aliphatic carbocycles. The van der Waals surface area contributed by atoms with Crippen molar-refractivity contribution < 1.29 is 8.94 Å². The molecular formula is C17H14N4O2S2. The Hall–Kier alpha value is -2.45. The number of aryl methyl sites for hydroxylation is 2. The van der Waals surface area contributed by atoms with E-state index in [2.05, 4.69) is 26.4 Å². The second kappa shape index (κ2) is 6.81. The van der Waals surface area contributed by atoms with Gasteiger partial charge in [0.2, 0.25) is 5.89 Å². The number of benzene rings is 1. The Kier molecular flexibility index (Phi) is 4.37. The van der Waals surface area contributed by atoms with Gasteiger partial charge in [-0.1, -0.05) is 40.2 Å². The van der Waals surface area contributed by atoms with E-state index in [0.717, 1.165) is 21.6 Å². The molecule has 0 amide bonds. The van der Waals surface area contributed by atoms with Gasteiger partial charge in [0.05, 0.1) is 10.6 Å². The first-order valence-corrected chi connectivity index (χ1v) is 9.45. The van der Waals surface area contributed by atoms with Gasteiger partial charge < -0.3 is 8.94 Å². The summed E-state index contributed by atoms with van der Waals surface area (Å²) in [5, 5.41) is 14.7. The van der Waals surface area contributed by atoms with Gasteiger partial charge in [0.1, 0.15) is 0 Å². The second-order valence-electron chi connectivity index (χ2n) is 5.53. The van der Waals surface area contributed by atoms with Crippen LogP contribution in [0.4, 0.5) is 0 Å². The zero-order chi connectivity index (χ0) is 17.2. The molecule has 0 aliphatic rings. The van der Waals surface area contributed by atoms with Crippen molar-refractivity contribution in [3.8, 4) is 22.2 Å². The smallest absolute Gasteiger partial charge is 0.277 e. The molecule has 8 heteroatoms. The van der Waals surface area contributed by atoms with Crippen LogP contribution in [-0.4, -0.2) is 20.3 Å². The summed E-state index contributed by atoms with van der Waals surface area (Å²) >= 11 is 2.95. The summed E-state index contributed by atoms with van der Waals surface area (Å²) in [7, 11) is 0. The number of rotatable bonds is 5. The summed E-state index contributed by atoms with van der Waals surface area (Å²) in [4.78, 5) is 5.33. The Morgan fingerprint density at radius 2 is 1.92 bits per heavy atom. The maximum Gasteiger partial charge on any atom is 0.277 e. The number of nitrogens with zero attached hydrogens (tertiary/aromatic N) is 4. The molecule has 0 fully saturated rings. The molecule has 0 spiro atoms. The third kappa shape index (κ3) is 3.64. The molecule has 126 valence electrons. The van der Waals surface area contributed by atoms with E-state index < -0.39 is 0 Å². The van der Waals surface area contributed by atoms with Crippen LogP contribution >= 0.6 is 23.1 Å². The largest absolute Gasteiger partial charge is 0.411 e. The lowest BCUT2D eigenvalue weighted by molar-refractivity contribution is 0.425. The molecule has 0 saturated carbocycles. The van der Waals surface area contributed by atoms with E-state index in [0.29, 0.717) is 28.6 Å². The molecule has 0 aliphatic heterocycles. The van der Waals surface area contributed by atoms with Gasteiger partial charge in [-0.2, -0.15) is 4.98 Å². The van der Waals surface area contributed by atoms with Gasteiger partial charge in [-0.25, -0.2) is 0 Å². The van der Waals surface area contributed by atoms with Crippen molar-refractivity contribution in [2.75, 3.05) is 0 Å². The Morgan fingerprint density at radius 1 is 1.08 bits per heavy atom. The zero-order valence-corrected chi connectivity index (χ0v) is 15.2. The molecule has 4 rings (SSSR count). The second-order valence-corrected chi connectivity index (χ2v) is 7.41. The lowest BCUT2D eigenvalue weighted by atomic mass is 10.1. The molecule has 0 bridgehead atoms. The highest BCUT2D eigenvalue weighted by molar-refractivity contribution is 7.98. The molecule has 4 aromatic rings. The monoisotopic (exact) mass is 370 g/mol. The molecule has 6 nitrogen and oxygen atoms in total. The highest BCUT2D eigenvalue weighted by Gasteiger charge is 2.13. The minimum Gasteiger partial charge on any atom is -0.411 e. The van der Waals surface area contributed by atoms with Crippen LogP contribution in [0.2, 0.25) is 0 Å². The molecule has 0 unspecified atom stereocenters. The minimum absolute atomic E-state index is 0.483. The summed E-state index contributed by atoms with van der Waals surface area (Å²) < 4.78 is 11.0. The van der Waals surface area contributed by atoms with Crippen molar-refractivity contribution in [1.82, 2.24) is 20.3 Å². The van der Waals surface area contributed by atoms with Crippen molar-refractivity contribution in [3.05, 3.63) is 52.7 Å². The average Bonchev–Trinajstić information content (AvgIpc) is 3.32. The van der Waals surface area contributed by atoms with Gasteiger partial charge in [-0.15, -0.1) is 21.5 Å². The van der Waals surface area contributed by atoms with E-state index in [9.17, 15) is 0 Å². The van der Waals surface area contributed by atoms with Crippen LogP contribution in [-0.2, 0) is 5.75 Å². The van der Waals surface area contributed by atoms with Crippen molar-refractivity contribution in [2.45, 2.75) is 24.8 Å². The first-order chi connectivity index (χ1) is 12.2. The van der Waals surface area contributed by atoms with E-state index in [1.165, 1.54) is 11.8 Å². The van der Waals surface area contributed by atoms with Crippen LogP contribution < -0.4 is 0 Å². The van der Waals surface area contributed by atoms with Crippen molar-refractivity contribution in [2.24, 2.45) is 0 Å². The van der Waals surface area contributed by atoms with Crippen molar-refractivity contribution in [3.63, 3.8) is 0 Å². The van der Waals surface area contributed by atoms with Crippen LogP contribution in [0.15, 0.2) is 49.9 Å². The third-order valence-electron chi connectivity index (χ3n) is 3.40. The van der Waals surface area contributed by atoms with E-state index in [-0.39, 0.29) is 0 Å². The quantitative estimate of drug-likeness (QED) is 0.469. The standard InChI is InChI=1S/C17H14N4O2S2/c1-10-6-11(2)8-12(7-10)15-19-20-17(22-15)25-9-14-18-16(23-21-14)13-4-3-5-24-13/h3-8H,9H2,1-2H3. The van der Waals surface area contributed by atoms with Gasteiger partial charge in [-0.3, -0.25) is 0 Å². The molecular weight excluding hydrogens is 356 g/mol. The molecule has 0 radical (unpaired) electrons. The van der Waals surface area contributed by atoms with Crippen molar-refractivity contribution >= 4 is 23.1 Å². The number of hydrogen-bond acceptors (Lipinski definition) is 8. The van der Waals surface area contributed by atoms with E-state index >= 15 is 0 Å². The summed E-state index contributed by atoms with van der Waals surface area (Å²) in [5.74, 6) is 2.15. The maximum absolute atomic E-state index is 5.74. The Labute approximate surface area is 152 Å². The fourth-order valence-electron chi connectivity index (χ4n) is 2.42. The zero-order valence-electron chi connectivity index (χ0n) is 13.6. The maximum atomic E-state index is 5.74. The number of aromatic nitrogens is 4. The van der Waals surface area contributed by atoms with Gasteiger partial charge >= 0.3 is 0 Å². The van der Waals surface area contributed by atoms with Crippen molar-refractivity contribution in [1.29, 1.82) is 0 Å². The summed E-state index contributed by atoms with van der Waals surface area (Å²) in [6.07, 6.45) is 0. The summed E-state index contributed by atoms with van der Waals surface area (Å²) in [5.41, 5.74) is 3.25. The molecule has 0 N–H and O–H groups in total. The van der Waals surface area contributed by atoms with Crippen LogP contribution in [0.3, 0.4) is 0 Å². The molecule has 1 aromatic carbocycles. The molecule has 0 atom stereocenters. The molecule has 0 saturated heterocycles. The lowest BCUT2D eigenvalue weighted by Crippen LogP contribution is -1.83. The normalized spacial score (nSPS) is 11.1. The first kappa shape index (κ1) is 16.0. The summed E-state index contributed by atoms with van der Waals surface area (Å²) in [6, 6.07) is 10.1. The fraction of sp³-hybridized carbons (Fsp3) is 0.176. The Morgan fingerprint density at radius 3 is 2.68 bits per heavy atom. The van der Waals surface area contributed by atoms with Gasteiger partial charge in [0.15, 0.2) is 5.82 Å². The number of thiophene rings is 1. The first-order valence-electron chi connectivity index (χ1n) is 7.59. The average molecular weight is 370 g/mol. The third-order valence-corrected chi connectivity index (χ3v) is 5.07. The molecule has 3 heterocycles.